The smallest absolute Gasteiger partial charge is 0.326 e. The van der Waals surface area contributed by atoms with Crippen LogP contribution in [0.2, 0.25) is 0 Å². The van der Waals surface area contributed by atoms with Crippen LogP contribution in [0, 0.1) is 0 Å². The van der Waals surface area contributed by atoms with Crippen LogP contribution in [0.3, 0.4) is 0 Å². The highest BCUT2D eigenvalue weighted by Gasteiger charge is 2.32. The number of carboxylic acids is 1. The quantitative estimate of drug-likeness (QED) is 0.786. The van der Waals surface area contributed by atoms with Gasteiger partial charge in [-0.3, -0.25) is 4.79 Å². The van der Waals surface area contributed by atoms with Gasteiger partial charge in [0.15, 0.2) is 0 Å². The number of carbonyl (C=O) groups excluding carboxylic acids is 2. The largest absolute Gasteiger partial charge is 0.480 e. The molecular weight excluding hydrogens is 310 g/mol. The minimum atomic E-state index is -0.971. The van der Waals surface area contributed by atoms with Gasteiger partial charge in [-0.2, -0.15) is 0 Å². The summed E-state index contributed by atoms with van der Waals surface area (Å²) in [7, 11) is 0. The fourth-order valence-corrected chi connectivity index (χ4v) is 2.91. The fourth-order valence-electron chi connectivity index (χ4n) is 2.91. The Labute approximate surface area is 140 Å². The number of hydrogen-bond donors (Lipinski definition) is 3. The van der Waals surface area contributed by atoms with Crippen LogP contribution in [0.15, 0.2) is 24.3 Å². The van der Waals surface area contributed by atoms with Crippen molar-refractivity contribution in [2.24, 2.45) is 0 Å². The predicted octanol–water partition coefficient (Wildman–Crippen LogP) is 2.05. The van der Waals surface area contributed by atoms with Crippen LogP contribution in [0.5, 0.6) is 0 Å². The lowest BCUT2D eigenvalue weighted by molar-refractivity contribution is -0.143. The number of hydrogen-bond acceptors (Lipinski definition) is 3. The molecule has 2 aliphatic rings. The number of nitrogens with one attached hydrogen (secondary N) is 2. The Kier molecular flexibility index (Phi) is 4.69. The van der Waals surface area contributed by atoms with Gasteiger partial charge in [0, 0.05) is 23.8 Å². The van der Waals surface area contributed by atoms with E-state index in [4.69, 9.17) is 0 Å². The molecule has 0 bridgehead atoms. The number of carboxylic acid groups (broad SMARTS) is 1. The second-order valence-electron chi connectivity index (χ2n) is 6.30. The molecular formula is C17H21N3O4. The number of benzene rings is 1. The topological polar surface area (TPSA) is 98.7 Å². The van der Waals surface area contributed by atoms with Crippen LogP contribution in [-0.4, -0.2) is 46.5 Å². The Bertz CT molecular complexity index is 657. The second kappa shape index (κ2) is 6.90. The number of nitrogens with zero attached hydrogens (tertiary/aromatic N) is 1. The monoisotopic (exact) mass is 331 g/mol. The molecule has 1 aromatic rings. The van der Waals surface area contributed by atoms with Crippen LogP contribution in [0.25, 0.3) is 0 Å². The van der Waals surface area contributed by atoms with Crippen molar-refractivity contribution in [3.63, 3.8) is 0 Å². The van der Waals surface area contributed by atoms with Crippen molar-refractivity contribution < 1.29 is 19.5 Å². The molecule has 1 unspecified atom stereocenters. The number of carbonyl (C=O) groups is 3. The first-order valence-electron chi connectivity index (χ1n) is 8.26. The maximum absolute atomic E-state index is 12.7. The van der Waals surface area contributed by atoms with E-state index >= 15 is 0 Å². The van der Waals surface area contributed by atoms with E-state index in [2.05, 4.69) is 10.6 Å². The summed E-state index contributed by atoms with van der Waals surface area (Å²) in [6.07, 6.45) is 4.08. The molecule has 1 aliphatic carbocycles. The highest BCUT2D eigenvalue weighted by atomic mass is 16.4. The summed E-state index contributed by atoms with van der Waals surface area (Å²) >= 11 is 0. The Morgan fingerprint density at radius 2 is 1.92 bits per heavy atom. The standard InChI is InChI=1S/C17H21N3O4/c21-15(20-9-2-1-6-14(20)16(22)23)11-4-3-5-13(10-11)19-17(24)18-12-7-8-12/h3-5,10,12,14H,1-2,6-9H2,(H,22,23)(H2,18,19,24). The number of anilines is 1. The Morgan fingerprint density at radius 3 is 2.62 bits per heavy atom. The molecule has 3 amide bonds. The first kappa shape index (κ1) is 16.3. The molecule has 1 aromatic carbocycles. The SMILES string of the molecule is O=C(Nc1cccc(C(=O)N2CCCCC2C(=O)O)c1)NC1CC1. The average molecular weight is 331 g/mol. The second-order valence-corrected chi connectivity index (χ2v) is 6.30. The lowest BCUT2D eigenvalue weighted by atomic mass is 10.0. The highest BCUT2D eigenvalue weighted by Crippen LogP contribution is 2.22. The molecule has 1 saturated heterocycles. The first-order valence-corrected chi connectivity index (χ1v) is 8.26. The lowest BCUT2D eigenvalue weighted by Gasteiger charge is -2.33. The van der Waals surface area contributed by atoms with Gasteiger partial charge in [-0.25, -0.2) is 9.59 Å². The summed E-state index contributed by atoms with van der Waals surface area (Å²) in [6.45, 7) is 0.440. The molecule has 3 rings (SSSR count). The molecule has 1 heterocycles. The summed E-state index contributed by atoms with van der Waals surface area (Å²) < 4.78 is 0. The third-order valence-electron chi connectivity index (χ3n) is 4.33. The zero-order valence-corrected chi connectivity index (χ0v) is 13.3. The van der Waals surface area contributed by atoms with Crippen molar-refractivity contribution in [2.45, 2.75) is 44.2 Å². The molecule has 0 aromatic heterocycles. The van der Waals surface area contributed by atoms with Crippen molar-refractivity contribution in [2.75, 3.05) is 11.9 Å². The van der Waals surface area contributed by atoms with Crippen LogP contribution in [0.4, 0.5) is 10.5 Å². The zero-order chi connectivity index (χ0) is 17.1. The van der Waals surface area contributed by atoms with E-state index in [0.29, 0.717) is 24.2 Å². The molecule has 2 fully saturated rings. The van der Waals surface area contributed by atoms with E-state index in [1.54, 1.807) is 24.3 Å². The van der Waals surface area contributed by atoms with E-state index in [9.17, 15) is 19.5 Å². The summed E-state index contributed by atoms with van der Waals surface area (Å²) in [6, 6.07) is 5.79. The van der Waals surface area contributed by atoms with Crippen LogP contribution in [-0.2, 0) is 4.79 Å². The molecule has 0 spiro atoms. The molecule has 3 N–H and O–H groups in total. The van der Waals surface area contributed by atoms with Crippen LogP contribution < -0.4 is 10.6 Å². The minimum Gasteiger partial charge on any atom is -0.480 e. The van der Waals surface area contributed by atoms with Crippen molar-refractivity contribution in [1.29, 1.82) is 0 Å². The lowest BCUT2D eigenvalue weighted by Crippen LogP contribution is -2.48. The summed E-state index contributed by atoms with van der Waals surface area (Å²) in [4.78, 5) is 37.2. The Balaban J connectivity index is 1.70. The van der Waals surface area contributed by atoms with Gasteiger partial charge in [0.05, 0.1) is 0 Å². The molecule has 24 heavy (non-hydrogen) atoms. The summed E-state index contributed by atoms with van der Waals surface area (Å²) in [5, 5.41) is 14.8. The van der Waals surface area contributed by atoms with Crippen LogP contribution >= 0.6 is 0 Å². The molecule has 128 valence electrons. The van der Waals surface area contributed by atoms with Gasteiger partial charge in [0.25, 0.3) is 5.91 Å². The van der Waals surface area contributed by atoms with E-state index in [1.165, 1.54) is 4.90 Å². The van der Waals surface area contributed by atoms with Gasteiger partial charge in [-0.1, -0.05) is 6.07 Å². The molecule has 1 aliphatic heterocycles. The number of likely N-dealkylation sites (tertiary alicyclic amines) is 1. The van der Waals surface area contributed by atoms with Gasteiger partial charge in [0.1, 0.15) is 6.04 Å². The number of piperidine rings is 1. The Hall–Kier alpha value is -2.57. The summed E-state index contributed by atoms with van der Waals surface area (Å²) in [5.41, 5.74) is 0.898. The number of rotatable bonds is 4. The van der Waals surface area contributed by atoms with Crippen molar-refractivity contribution in [3.8, 4) is 0 Å². The van der Waals surface area contributed by atoms with Crippen molar-refractivity contribution in [1.82, 2.24) is 10.2 Å². The number of aliphatic carboxylic acids is 1. The molecule has 0 radical (unpaired) electrons. The third kappa shape index (κ3) is 3.84. The molecule has 1 atom stereocenters. The molecule has 7 nitrogen and oxygen atoms in total. The maximum Gasteiger partial charge on any atom is 0.326 e. The van der Waals surface area contributed by atoms with Gasteiger partial charge in [-0.05, 0) is 50.3 Å². The van der Waals surface area contributed by atoms with Crippen LogP contribution in [0.1, 0.15) is 42.5 Å². The number of urea groups is 1. The minimum absolute atomic E-state index is 0.250. The fraction of sp³-hybridized carbons (Fsp3) is 0.471. The first-order chi connectivity index (χ1) is 11.5. The van der Waals surface area contributed by atoms with E-state index in [-0.39, 0.29) is 18.0 Å². The average Bonchev–Trinajstić information content (AvgIpc) is 3.38. The maximum atomic E-state index is 12.7. The van der Waals surface area contributed by atoms with Gasteiger partial charge in [-0.15, -0.1) is 0 Å². The van der Waals surface area contributed by atoms with Gasteiger partial charge < -0.3 is 20.6 Å². The van der Waals surface area contributed by atoms with Crippen molar-refractivity contribution in [3.05, 3.63) is 29.8 Å². The summed E-state index contributed by atoms with van der Waals surface area (Å²) in [5.74, 6) is -1.28. The predicted molar refractivity (Wildman–Crippen MR) is 87.9 cm³/mol. The van der Waals surface area contributed by atoms with E-state index in [0.717, 1.165) is 25.7 Å². The van der Waals surface area contributed by atoms with Crippen molar-refractivity contribution >= 4 is 23.6 Å². The Morgan fingerprint density at radius 1 is 1.12 bits per heavy atom. The number of amides is 3. The van der Waals surface area contributed by atoms with E-state index < -0.39 is 12.0 Å². The third-order valence-corrected chi connectivity index (χ3v) is 4.33. The zero-order valence-electron chi connectivity index (χ0n) is 13.3. The highest BCUT2D eigenvalue weighted by molar-refractivity contribution is 5.98. The van der Waals surface area contributed by atoms with Gasteiger partial charge in [0.2, 0.25) is 0 Å². The van der Waals surface area contributed by atoms with E-state index in [1.807, 2.05) is 0 Å². The molecule has 7 heteroatoms. The van der Waals surface area contributed by atoms with Gasteiger partial charge >= 0.3 is 12.0 Å². The molecule has 1 saturated carbocycles. The normalized spacial score (nSPS) is 20.3.